The van der Waals surface area contributed by atoms with Gasteiger partial charge in [-0.1, -0.05) is 0 Å². The number of rotatable bonds is 6. The van der Waals surface area contributed by atoms with Crippen molar-refractivity contribution in [1.82, 2.24) is 10.2 Å². The Hall–Kier alpha value is -0.220. The lowest BCUT2D eigenvalue weighted by Crippen LogP contribution is -2.28. The second-order valence-electron chi connectivity index (χ2n) is 3.73. The number of amides is 1. The van der Waals surface area contributed by atoms with E-state index in [2.05, 4.69) is 22.8 Å². The van der Waals surface area contributed by atoms with Gasteiger partial charge >= 0.3 is 0 Å². The largest absolute Gasteiger partial charge is 0.356 e. The minimum atomic E-state index is 0.126. The molecule has 82 valence electrons. The molecular weight excluding hydrogens is 196 g/mol. The Labute approximate surface area is 91.6 Å². The molecule has 1 saturated heterocycles. The molecule has 1 heterocycles. The van der Waals surface area contributed by atoms with Crippen LogP contribution in [0, 0.1) is 0 Å². The van der Waals surface area contributed by atoms with Crippen LogP contribution in [0.5, 0.6) is 0 Å². The van der Waals surface area contributed by atoms with Crippen LogP contribution in [0.2, 0.25) is 0 Å². The highest BCUT2D eigenvalue weighted by Crippen LogP contribution is 2.06. The third-order valence-electron chi connectivity index (χ3n) is 2.51. The van der Waals surface area contributed by atoms with Gasteiger partial charge in [-0.3, -0.25) is 4.79 Å². The number of carbonyl (C=O) groups excluding carboxylic acids is 1. The summed E-state index contributed by atoms with van der Waals surface area (Å²) in [6.45, 7) is 4.42. The van der Waals surface area contributed by atoms with Gasteiger partial charge in [0.25, 0.3) is 0 Å². The van der Waals surface area contributed by atoms with Crippen molar-refractivity contribution in [3.05, 3.63) is 0 Å². The molecule has 1 fully saturated rings. The SMILES string of the molecule is O=C(CCS)NCCCN1CCCC1. The van der Waals surface area contributed by atoms with Crippen molar-refractivity contribution >= 4 is 18.5 Å². The Morgan fingerprint density at radius 2 is 2.07 bits per heavy atom. The molecule has 0 unspecified atom stereocenters. The number of carbonyl (C=O) groups is 1. The fourth-order valence-corrected chi connectivity index (χ4v) is 1.93. The molecule has 0 spiro atoms. The molecular formula is C10H20N2OS. The Morgan fingerprint density at radius 3 is 2.71 bits per heavy atom. The maximum Gasteiger partial charge on any atom is 0.220 e. The summed E-state index contributed by atoms with van der Waals surface area (Å²) in [5, 5.41) is 2.89. The van der Waals surface area contributed by atoms with Gasteiger partial charge < -0.3 is 10.2 Å². The summed E-state index contributed by atoms with van der Waals surface area (Å²) < 4.78 is 0. The summed E-state index contributed by atoms with van der Waals surface area (Å²) in [6, 6.07) is 0. The van der Waals surface area contributed by atoms with Gasteiger partial charge in [-0.05, 0) is 44.6 Å². The van der Waals surface area contributed by atoms with E-state index in [1.807, 2.05) is 0 Å². The van der Waals surface area contributed by atoms with Crippen LogP contribution in [-0.2, 0) is 4.79 Å². The zero-order chi connectivity index (χ0) is 10.2. The van der Waals surface area contributed by atoms with Crippen LogP contribution in [0.1, 0.15) is 25.7 Å². The molecule has 0 aliphatic carbocycles. The van der Waals surface area contributed by atoms with Gasteiger partial charge in [0, 0.05) is 13.0 Å². The normalized spacial score (nSPS) is 17.2. The van der Waals surface area contributed by atoms with E-state index in [0.717, 1.165) is 19.5 Å². The molecule has 0 bridgehead atoms. The average molecular weight is 216 g/mol. The molecule has 0 saturated carbocycles. The molecule has 0 radical (unpaired) electrons. The van der Waals surface area contributed by atoms with E-state index in [9.17, 15) is 4.79 Å². The minimum Gasteiger partial charge on any atom is -0.356 e. The van der Waals surface area contributed by atoms with Gasteiger partial charge in [0.05, 0.1) is 0 Å². The molecule has 3 nitrogen and oxygen atoms in total. The molecule has 4 heteroatoms. The summed E-state index contributed by atoms with van der Waals surface area (Å²) in [5.74, 6) is 0.763. The average Bonchev–Trinajstić information content (AvgIpc) is 2.65. The second-order valence-corrected chi connectivity index (χ2v) is 4.17. The molecule has 14 heavy (non-hydrogen) atoms. The van der Waals surface area contributed by atoms with Crippen molar-refractivity contribution in [2.24, 2.45) is 0 Å². The van der Waals surface area contributed by atoms with Gasteiger partial charge in [0.15, 0.2) is 0 Å². The molecule has 1 N–H and O–H groups in total. The minimum absolute atomic E-state index is 0.126. The summed E-state index contributed by atoms with van der Waals surface area (Å²) in [7, 11) is 0. The maximum absolute atomic E-state index is 11.1. The summed E-state index contributed by atoms with van der Waals surface area (Å²) in [4.78, 5) is 13.5. The Morgan fingerprint density at radius 1 is 1.36 bits per heavy atom. The van der Waals surface area contributed by atoms with Gasteiger partial charge in [0.2, 0.25) is 5.91 Å². The van der Waals surface area contributed by atoms with E-state index >= 15 is 0 Å². The van der Waals surface area contributed by atoms with Crippen molar-refractivity contribution in [2.45, 2.75) is 25.7 Å². The topological polar surface area (TPSA) is 32.3 Å². The molecule has 0 aromatic carbocycles. The highest BCUT2D eigenvalue weighted by atomic mass is 32.1. The fraction of sp³-hybridized carbons (Fsp3) is 0.900. The van der Waals surface area contributed by atoms with Crippen molar-refractivity contribution in [3.8, 4) is 0 Å². The number of nitrogens with zero attached hydrogens (tertiary/aromatic N) is 1. The van der Waals surface area contributed by atoms with E-state index in [0.29, 0.717) is 12.2 Å². The Bertz CT molecular complexity index is 170. The molecule has 0 aromatic heterocycles. The van der Waals surface area contributed by atoms with Crippen LogP contribution >= 0.6 is 12.6 Å². The van der Waals surface area contributed by atoms with Crippen molar-refractivity contribution in [1.29, 1.82) is 0 Å². The Balaban J connectivity index is 1.90. The van der Waals surface area contributed by atoms with E-state index in [4.69, 9.17) is 0 Å². The van der Waals surface area contributed by atoms with E-state index in [1.165, 1.54) is 25.9 Å². The number of hydrogen-bond acceptors (Lipinski definition) is 3. The van der Waals surface area contributed by atoms with Crippen LogP contribution in [-0.4, -0.2) is 42.7 Å². The van der Waals surface area contributed by atoms with Crippen molar-refractivity contribution < 1.29 is 4.79 Å². The third-order valence-corrected chi connectivity index (χ3v) is 2.73. The van der Waals surface area contributed by atoms with Crippen LogP contribution in [0.15, 0.2) is 0 Å². The van der Waals surface area contributed by atoms with Gasteiger partial charge in [-0.15, -0.1) is 0 Å². The molecule has 1 rings (SSSR count). The first-order chi connectivity index (χ1) is 6.83. The van der Waals surface area contributed by atoms with Crippen LogP contribution < -0.4 is 5.32 Å². The van der Waals surface area contributed by atoms with E-state index in [1.54, 1.807) is 0 Å². The van der Waals surface area contributed by atoms with Crippen LogP contribution in [0.25, 0.3) is 0 Å². The van der Waals surface area contributed by atoms with Crippen LogP contribution in [0.4, 0.5) is 0 Å². The van der Waals surface area contributed by atoms with E-state index in [-0.39, 0.29) is 5.91 Å². The van der Waals surface area contributed by atoms with Crippen molar-refractivity contribution in [3.63, 3.8) is 0 Å². The smallest absolute Gasteiger partial charge is 0.220 e. The summed E-state index contributed by atoms with van der Waals surface area (Å²) in [6.07, 6.45) is 4.28. The molecule has 0 aromatic rings. The van der Waals surface area contributed by atoms with Gasteiger partial charge in [-0.2, -0.15) is 12.6 Å². The van der Waals surface area contributed by atoms with Crippen molar-refractivity contribution in [2.75, 3.05) is 31.9 Å². The number of likely N-dealkylation sites (tertiary alicyclic amines) is 1. The zero-order valence-electron chi connectivity index (χ0n) is 8.67. The third kappa shape index (κ3) is 4.86. The summed E-state index contributed by atoms with van der Waals surface area (Å²) >= 11 is 4.01. The number of nitrogens with one attached hydrogen (secondary N) is 1. The van der Waals surface area contributed by atoms with E-state index < -0.39 is 0 Å². The highest BCUT2D eigenvalue weighted by Gasteiger charge is 2.10. The lowest BCUT2D eigenvalue weighted by molar-refractivity contribution is -0.120. The summed E-state index contributed by atoms with van der Waals surface area (Å²) in [5.41, 5.74) is 0. The molecule has 1 aliphatic rings. The first kappa shape index (κ1) is 11.9. The van der Waals surface area contributed by atoms with Crippen LogP contribution in [0.3, 0.4) is 0 Å². The second kappa shape index (κ2) is 7.12. The zero-order valence-corrected chi connectivity index (χ0v) is 9.56. The van der Waals surface area contributed by atoms with Gasteiger partial charge in [-0.25, -0.2) is 0 Å². The fourth-order valence-electron chi connectivity index (χ4n) is 1.73. The lowest BCUT2D eigenvalue weighted by atomic mass is 10.3. The number of thiol groups is 1. The first-order valence-electron chi connectivity index (χ1n) is 5.43. The quantitative estimate of drug-likeness (QED) is 0.511. The monoisotopic (exact) mass is 216 g/mol. The molecule has 1 amide bonds. The maximum atomic E-state index is 11.1. The molecule has 0 atom stereocenters. The first-order valence-corrected chi connectivity index (χ1v) is 6.06. The standard InChI is InChI=1S/C10H20N2OS/c13-10(4-9-14)11-5-3-8-12-6-1-2-7-12/h14H,1-9H2,(H,11,13). The Kier molecular flexibility index (Phi) is 6.03. The number of hydrogen-bond donors (Lipinski definition) is 2. The van der Waals surface area contributed by atoms with Gasteiger partial charge in [0.1, 0.15) is 0 Å². The predicted molar refractivity (Wildman–Crippen MR) is 61.8 cm³/mol. The predicted octanol–water partition coefficient (Wildman–Crippen LogP) is 0.908. The highest BCUT2D eigenvalue weighted by molar-refractivity contribution is 7.80. The lowest BCUT2D eigenvalue weighted by Gasteiger charge is -2.14. The molecule has 1 aliphatic heterocycles.